The van der Waals surface area contributed by atoms with Gasteiger partial charge in [0.15, 0.2) is 0 Å². The molecule has 3 aliphatic rings. The van der Waals surface area contributed by atoms with Crippen molar-refractivity contribution in [2.45, 2.75) is 94.8 Å². The van der Waals surface area contributed by atoms with Crippen molar-refractivity contribution in [3.63, 3.8) is 0 Å². The van der Waals surface area contributed by atoms with Crippen molar-refractivity contribution in [3.05, 3.63) is 0 Å². The van der Waals surface area contributed by atoms with E-state index in [1.54, 1.807) is 0 Å². The highest BCUT2D eigenvalue weighted by molar-refractivity contribution is 5.13. The van der Waals surface area contributed by atoms with Gasteiger partial charge in [0.25, 0.3) is 0 Å². The van der Waals surface area contributed by atoms with Crippen LogP contribution >= 0.6 is 0 Å². The zero-order chi connectivity index (χ0) is 14.0. The van der Waals surface area contributed by atoms with E-state index in [0.29, 0.717) is 12.1 Å². The molecule has 0 spiro atoms. The molecule has 0 radical (unpaired) electrons. The zero-order valence-corrected chi connectivity index (χ0v) is 12.9. The van der Waals surface area contributed by atoms with Crippen molar-refractivity contribution >= 4 is 0 Å². The zero-order valence-electron chi connectivity index (χ0n) is 12.9. The lowest BCUT2D eigenvalue weighted by Crippen LogP contribution is -2.56. The quantitative estimate of drug-likeness (QED) is 0.856. The van der Waals surface area contributed by atoms with E-state index in [9.17, 15) is 5.26 Å². The summed E-state index contributed by atoms with van der Waals surface area (Å²) in [6, 6.07) is 4.70. The first-order valence-corrected chi connectivity index (χ1v) is 8.71. The van der Waals surface area contributed by atoms with Gasteiger partial charge in [0.05, 0.1) is 6.07 Å². The predicted molar refractivity (Wildman–Crippen MR) is 81.4 cm³/mol. The second-order valence-corrected chi connectivity index (χ2v) is 7.16. The number of hydrogen-bond donors (Lipinski definition) is 1. The molecule has 0 amide bonds. The molecule has 0 aromatic carbocycles. The van der Waals surface area contributed by atoms with Gasteiger partial charge in [0.2, 0.25) is 0 Å². The number of likely N-dealkylation sites (tertiary alicyclic amines) is 1. The summed E-state index contributed by atoms with van der Waals surface area (Å²) in [4.78, 5) is 2.75. The third kappa shape index (κ3) is 3.02. The largest absolute Gasteiger partial charge is 0.297 e. The average molecular weight is 275 g/mol. The Morgan fingerprint density at radius 3 is 2.75 bits per heavy atom. The molecule has 2 aliphatic carbocycles. The van der Waals surface area contributed by atoms with Gasteiger partial charge in [0, 0.05) is 18.1 Å². The summed E-state index contributed by atoms with van der Waals surface area (Å²) in [5, 5.41) is 13.4. The first kappa shape index (κ1) is 14.4. The summed E-state index contributed by atoms with van der Waals surface area (Å²) in [7, 11) is 0. The van der Waals surface area contributed by atoms with E-state index in [0.717, 1.165) is 18.9 Å². The van der Waals surface area contributed by atoms with Gasteiger partial charge in [0.1, 0.15) is 5.54 Å². The standard InChI is InChI=1S/C17H29N3/c1-2-15-6-3-4-11-20(15)16-7-5-10-17(12-16,13-18)19-14-8-9-14/h14-16,19H,2-12H2,1H3. The van der Waals surface area contributed by atoms with Crippen LogP contribution in [0, 0.1) is 11.3 Å². The number of nitrogens with zero attached hydrogens (tertiary/aromatic N) is 2. The molecule has 1 N–H and O–H groups in total. The highest BCUT2D eigenvalue weighted by Crippen LogP contribution is 2.36. The van der Waals surface area contributed by atoms with Crippen LogP contribution in [0.25, 0.3) is 0 Å². The van der Waals surface area contributed by atoms with Gasteiger partial charge >= 0.3 is 0 Å². The topological polar surface area (TPSA) is 39.1 Å². The van der Waals surface area contributed by atoms with E-state index in [1.807, 2.05) is 0 Å². The SMILES string of the molecule is CCC1CCCCN1C1CCCC(C#N)(NC2CC2)C1. The smallest absolute Gasteiger partial charge is 0.108 e. The van der Waals surface area contributed by atoms with Gasteiger partial charge in [-0.25, -0.2) is 0 Å². The van der Waals surface area contributed by atoms with E-state index < -0.39 is 0 Å². The van der Waals surface area contributed by atoms with Crippen molar-refractivity contribution in [1.29, 1.82) is 5.26 Å². The second kappa shape index (κ2) is 6.03. The molecule has 3 rings (SSSR count). The van der Waals surface area contributed by atoms with Crippen LogP contribution in [0.2, 0.25) is 0 Å². The molecular formula is C17H29N3. The van der Waals surface area contributed by atoms with E-state index >= 15 is 0 Å². The molecule has 0 aromatic rings. The van der Waals surface area contributed by atoms with Gasteiger partial charge in [-0.2, -0.15) is 5.26 Å². The maximum atomic E-state index is 9.73. The molecule has 3 fully saturated rings. The van der Waals surface area contributed by atoms with Crippen LogP contribution in [0.3, 0.4) is 0 Å². The Kier molecular flexibility index (Phi) is 4.33. The fraction of sp³-hybridized carbons (Fsp3) is 0.941. The van der Waals surface area contributed by atoms with Gasteiger partial charge in [-0.05, 0) is 64.3 Å². The van der Waals surface area contributed by atoms with Crippen molar-refractivity contribution in [2.75, 3.05) is 6.54 Å². The summed E-state index contributed by atoms with van der Waals surface area (Å²) >= 11 is 0. The summed E-state index contributed by atoms with van der Waals surface area (Å²) in [6.45, 7) is 3.58. The van der Waals surface area contributed by atoms with Gasteiger partial charge in [-0.3, -0.25) is 10.2 Å². The third-order valence-electron chi connectivity index (χ3n) is 5.61. The van der Waals surface area contributed by atoms with E-state index in [4.69, 9.17) is 0 Å². The fourth-order valence-electron chi connectivity index (χ4n) is 4.35. The third-order valence-corrected chi connectivity index (χ3v) is 5.61. The molecule has 112 valence electrons. The highest BCUT2D eigenvalue weighted by Gasteiger charge is 2.43. The summed E-state index contributed by atoms with van der Waals surface area (Å²) < 4.78 is 0. The van der Waals surface area contributed by atoms with Crippen LogP contribution in [0.1, 0.15) is 71.1 Å². The first-order valence-electron chi connectivity index (χ1n) is 8.71. The summed E-state index contributed by atoms with van der Waals surface area (Å²) in [6.07, 6.45) is 12.5. The van der Waals surface area contributed by atoms with E-state index in [1.165, 1.54) is 57.9 Å². The Balaban J connectivity index is 1.68. The van der Waals surface area contributed by atoms with Crippen molar-refractivity contribution in [1.82, 2.24) is 10.2 Å². The van der Waals surface area contributed by atoms with Crippen molar-refractivity contribution < 1.29 is 0 Å². The van der Waals surface area contributed by atoms with E-state index in [2.05, 4.69) is 23.2 Å². The Labute approximate surface area is 123 Å². The van der Waals surface area contributed by atoms with Crippen LogP contribution in [0.5, 0.6) is 0 Å². The molecule has 3 atom stereocenters. The minimum atomic E-state index is -0.222. The molecule has 3 nitrogen and oxygen atoms in total. The fourth-order valence-corrected chi connectivity index (χ4v) is 4.35. The van der Waals surface area contributed by atoms with Crippen LogP contribution < -0.4 is 5.32 Å². The monoisotopic (exact) mass is 275 g/mol. The maximum absolute atomic E-state index is 9.73. The van der Waals surface area contributed by atoms with Crippen molar-refractivity contribution in [3.8, 4) is 6.07 Å². The number of rotatable bonds is 4. The minimum absolute atomic E-state index is 0.222. The average Bonchev–Trinajstić information content (AvgIpc) is 3.31. The van der Waals surface area contributed by atoms with Crippen LogP contribution in [-0.4, -0.2) is 35.1 Å². The predicted octanol–water partition coefficient (Wildman–Crippen LogP) is 3.21. The molecule has 2 saturated carbocycles. The molecule has 3 heteroatoms. The molecule has 3 unspecified atom stereocenters. The molecule has 20 heavy (non-hydrogen) atoms. The molecule has 1 saturated heterocycles. The Morgan fingerprint density at radius 1 is 1.20 bits per heavy atom. The van der Waals surface area contributed by atoms with Crippen LogP contribution in [0.4, 0.5) is 0 Å². The van der Waals surface area contributed by atoms with Crippen molar-refractivity contribution in [2.24, 2.45) is 0 Å². The van der Waals surface area contributed by atoms with Gasteiger partial charge < -0.3 is 0 Å². The number of nitriles is 1. The lowest BCUT2D eigenvalue weighted by atomic mass is 9.78. The number of hydrogen-bond acceptors (Lipinski definition) is 3. The maximum Gasteiger partial charge on any atom is 0.108 e. The Bertz CT molecular complexity index is 371. The highest BCUT2D eigenvalue weighted by atomic mass is 15.2. The van der Waals surface area contributed by atoms with Crippen LogP contribution in [-0.2, 0) is 0 Å². The first-order chi connectivity index (χ1) is 9.76. The Morgan fingerprint density at radius 2 is 2.05 bits per heavy atom. The second-order valence-electron chi connectivity index (χ2n) is 7.16. The molecule has 1 heterocycles. The Hall–Kier alpha value is -0.590. The lowest BCUT2D eigenvalue weighted by Gasteiger charge is -2.46. The number of piperidine rings is 1. The van der Waals surface area contributed by atoms with Gasteiger partial charge in [-0.1, -0.05) is 13.3 Å². The summed E-state index contributed by atoms with van der Waals surface area (Å²) in [5.74, 6) is 0. The lowest BCUT2D eigenvalue weighted by molar-refractivity contribution is 0.0517. The normalized spacial score (nSPS) is 39.4. The number of nitrogens with one attached hydrogen (secondary N) is 1. The van der Waals surface area contributed by atoms with Gasteiger partial charge in [-0.15, -0.1) is 0 Å². The van der Waals surface area contributed by atoms with Crippen LogP contribution in [0.15, 0.2) is 0 Å². The van der Waals surface area contributed by atoms with E-state index in [-0.39, 0.29) is 5.54 Å². The minimum Gasteiger partial charge on any atom is -0.297 e. The molecular weight excluding hydrogens is 246 g/mol. The molecule has 0 aromatic heterocycles. The molecule has 1 aliphatic heterocycles. The molecule has 0 bridgehead atoms. The summed E-state index contributed by atoms with van der Waals surface area (Å²) in [5.41, 5.74) is -0.222.